The van der Waals surface area contributed by atoms with Crippen LogP contribution in [0.15, 0.2) is 47.6 Å². The third-order valence-electron chi connectivity index (χ3n) is 3.80. The Morgan fingerprint density at radius 3 is 2.23 bits per heavy atom. The summed E-state index contributed by atoms with van der Waals surface area (Å²) in [6.45, 7) is 6.57. The maximum atomic E-state index is 5.27. The van der Waals surface area contributed by atoms with Crippen LogP contribution in [-0.2, 0) is 5.41 Å². The van der Waals surface area contributed by atoms with E-state index >= 15 is 0 Å². The van der Waals surface area contributed by atoms with Crippen molar-refractivity contribution >= 4 is 29.2 Å². The molecule has 0 heterocycles. The molecule has 2 aromatic carbocycles. The van der Waals surface area contributed by atoms with Gasteiger partial charge in [0, 0.05) is 11.8 Å². The highest BCUT2D eigenvalue weighted by atomic mass is 32.1. The van der Waals surface area contributed by atoms with Crippen molar-refractivity contribution in [3.05, 3.63) is 53.6 Å². The smallest absolute Gasteiger partial charge is 0.191 e. The normalized spacial score (nSPS) is 11.3. The zero-order chi connectivity index (χ0) is 19.2. The molecule has 0 aliphatic carbocycles. The van der Waals surface area contributed by atoms with E-state index in [0.29, 0.717) is 16.6 Å². The molecular formula is C20H25N3O2S. The van der Waals surface area contributed by atoms with Crippen LogP contribution >= 0.6 is 12.2 Å². The molecule has 0 aliphatic heterocycles. The molecule has 5 nitrogen and oxygen atoms in total. The summed E-state index contributed by atoms with van der Waals surface area (Å²) in [5.41, 5.74) is 6.01. The number of hydrazone groups is 1. The van der Waals surface area contributed by atoms with Gasteiger partial charge >= 0.3 is 0 Å². The van der Waals surface area contributed by atoms with Gasteiger partial charge in [0.1, 0.15) is 0 Å². The Hall–Kier alpha value is -2.60. The van der Waals surface area contributed by atoms with Crippen molar-refractivity contribution in [2.24, 2.45) is 5.10 Å². The number of nitrogens with zero attached hydrogens (tertiary/aromatic N) is 1. The molecule has 0 spiro atoms. The maximum absolute atomic E-state index is 5.27. The molecule has 2 N–H and O–H groups in total. The van der Waals surface area contributed by atoms with Crippen LogP contribution in [0.25, 0.3) is 0 Å². The van der Waals surface area contributed by atoms with Gasteiger partial charge in [0.05, 0.1) is 20.4 Å². The lowest BCUT2D eigenvalue weighted by molar-refractivity contribution is 0.355. The van der Waals surface area contributed by atoms with E-state index in [1.165, 1.54) is 5.56 Å². The van der Waals surface area contributed by atoms with Crippen LogP contribution in [0.3, 0.4) is 0 Å². The second-order valence-corrected chi connectivity index (χ2v) is 7.17. The molecule has 2 aromatic rings. The molecule has 0 amide bonds. The van der Waals surface area contributed by atoms with Crippen molar-refractivity contribution in [2.75, 3.05) is 19.5 Å². The number of rotatable bonds is 5. The van der Waals surface area contributed by atoms with Gasteiger partial charge < -0.3 is 14.8 Å². The lowest BCUT2D eigenvalue weighted by atomic mass is 9.87. The molecule has 0 atom stereocenters. The molecule has 0 aliphatic rings. The number of anilines is 1. The number of methoxy groups -OCH3 is 2. The molecule has 138 valence electrons. The van der Waals surface area contributed by atoms with Gasteiger partial charge in [0.15, 0.2) is 16.6 Å². The van der Waals surface area contributed by atoms with E-state index in [1.807, 2.05) is 30.3 Å². The lowest BCUT2D eigenvalue weighted by Crippen LogP contribution is -2.23. The van der Waals surface area contributed by atoms with E-state index in [0.717, 1.165) is 11.3 Å². The topological polar surface area (TPSA) is 54.9 Å². The van der Waals surface area contributed by atoms with E-state index in [2.05, 4.69) is 48.7 Å². The maximum Gasteiger partial charge on any atom is 0.191 e. The molecule has 0 saturated carbocycles. The molecule has 0 saturated heterocycles. The first kappa shape index (κ1) is 19.7. The van der Waals surface area contributed by atoms with E-state index in [1.54, 1.807) is 20.4 Å². The summed E-state index contributed by atoms with van der Waals surface area (Å²) >= 11 is 5.25. The minimum absolute atomic E-state index is 0.138. The van der Waals surface area contributed by atoms with E-state index in [4.69, 9.17) is 21.7 Å². The predicted octanol–water partition coefficient (Wildman–Crippen LogP) is 4.32. The van der Waals surface area contributed by atoms with Gasteiger partial charge in [-0.2, -0.15) is 5.10 Å². The predicted molar refractivity (Wildman–Crippen MR) is 112 cm³/mol. The van der Waals surface area contributed by atoms with Crippen molar-refractivity contribution in [1.82, 2.24) is 5.43 Å². The van der Waals surface area contributed by atoms with Crippen LogP contribution < -0.4 is 20.2 Å². The molecule has 0 aromatic heterocycles. The summed E-state index contributed by atoms with van der Waals surface area (Å²) in [6.07, 6.45) is 1.73. The zero-order valence-corrected chi connectivity index (χ0v) is 16.6. The van der Waals surface area contributed by atoms with Gasteiger partial charge in [0.25, 0.3) is 0 Å². The summed E-state index contributed by atoms with van der Waals surface area (Å²) in [5.74, 6) is 1.29. The Bertz CT molecular complexity index is 781. The van der Waals surface area contributed by atoms with Gasteiger partial charge in [-0.3, -0.25) is 5.43 Å². The molecule has 0 bridgehead atoms. The Labute approximate surface area is 160 Å². The molecular weight excluding hydrogens is 346 g/mol. The first-order chi connectivity index (χ1) is 12.3. The number of hydrogen-bond donors (Lipinski definition) is 2. The summed E-state index contributed by atoms with van der Waals surface area (Å²) in [6, 6.07) is 13.8. The Kier molecular flexibility index (Phi) is 6.58. The second-order valence-electron chi connectivity index (χ2n) is 6.77. The first-order valence-electron chi connectivity index (χ1n) is 8.26. The second kappa shape index (κ2) is 8.67. The molecule has 0 radical (unpaired) electrons. The van der Waals surface area contributed by atoms with Crippen molar-refractivity contribution in [3.8, 4) is 11.5 Å². The average Bonchev–Trinajstić information content (AvgIpc) is 2.61. The molecule has 26 heavy (non-hydrogen) atoms. The van der Waals surface area contributed by atoms with Crippen molar-refractivity contribution in [2.45, 2.75) is 26.2 Å². The average molecular weight is 372 g/mol. The van der Waals surface area contributed by atoms with Crippen LogP contribution in [0, 0.1) is 0 Å². The van der Waals surface area contributed by atoms with Crippen molar-refractivity contribution < 1.29 is 9.47 Å². The van der Waals surface area contributed by atoms with Crippen LogP contribution in [0.5, 0.6) is 11.5 Å². The third kappa shape index (κ3) is 5.46. The van der Waals surface area contributed by atoms with Crippen LogP contribution in [0.1, 0.15) is 31.9 Å². The molecule has 0 fully saturated rings. The summed E-state index contributed by atoms with van der Waals surface area (Å²) in [5, 5.41) is 7.61. The van der Waals surface area contributed by atoms with E-state index in [-0.39, 0.29) is 5.41 Å². The van der Waals surface area contributed by atoms with E-state index < -0.39 is 0 Å². The minimum Gasteiger partial charge on any atom is -0.493 e. The molecule has 0 unspecified atom stereocenters. The summed E-state index contributed by atoms with van der Waals surface area (Å²) < 4.78 is 10.5. The monoisotopic (exact) mass is 371 g/mol. The Balaban J connectivity index is 1.93. The van der Waals surface area contributed by atoms with Gasteiger partial charge in [-0.15, -0.1) is 0 Å². The van der Waals surface area contributed by atoms with Crippen molar-refractivity contribution in [3.63, 3.8) is 0 Å². The highest BCUT2D eigenvalue weighted by Gasteiger charge is 2.12. The van der Waals surface area contributed by atoms with Crippen LogP contribution in [0.2, 0.25) is 0 Å². The number of nitrogens with one attached hydrogen (secondary N) is 2. The van der Waals surface area contributed by atoms with Crippen molar-refractivity contribution in [1.29, 1.82) is 0 Å². The van der Waals surface area contributed by atoms with Gasteiger partial charge in [-0.05, 0) is 40.9 Å². The highest BCUT2D eigenvalue weighted by molar-refractivity contribution is 7.80. The number of hydrogen-bond acceptors (Lipinski definition) is 4. The Morgan fingerprint density at radius 1 is 1.00 bits per heavy atom. The van der Waals surface area contributed by atoms with Gasteiger partial charge in [-0.25, -0.2) is 0 Å². The SMILES string of the molecule is COc1ccc(NC(=S)NN=Cc2ccc(C(C)(C)C)cc2)cc1OC. The summed E-state index contributed by atoms with van der Waals surface area (Å²) in [4.78, 5) is 0. The molecule has 2 rings (SSSR count). The van der Waals surface area contributed by atoms with Crippen LogP contribution in [0.4, 0.5) is 5.69 Å². The molecule has 6 heteroatoms. The fourth-order valence-electron chi connectivity index (χ4n) is 2.31. The minimum atomic E-state index is 0.138. The fourth-order valence-corrected chi connectivity index (χ4v) is 2.48. The van der Waals surface area contributed by atoms with Crippen LogP contribution in [-0.4, -0.2) is 25.5 Å². The summed E-state index contributed by atoms with van der Waals surface area (Å²) in [7, 11) is 3.19. The van der Waals surface area contributed by atoms with E-state index in [9.17, 15) is 0 Å². The third-order valence-corrected chi connectivity index (χ3v) is 3.99. The Morgan fingerprint density at radius 2 is 1.65 bits per heavy atom. The zero-order valence-electron chi connectivity index (χ0n) is 15.8. The number of benzene rings is 2. The lowest BCUT2D eigenvalue weighted by Gasteiger charge is -2.18. The van der Waals surface area contributed by atoms with Gasteiger partial charge in [0.2, 0.25) is 0 Å². The number of thiocarbonyl (C=S) groups is 1. The quantitative estimate of drug-likeness (QED) is 0.466. The van der Waals surface area contributed by atoms with Gasteiger partial charge in [-0.1, -0.05) is 45.0 Å². The first-order valence-corrected chi connectivity index (χ1v) is 8.67. The number of ether oxygens (including phenoxy) is 2. The largest absolute Gasteiger partial charge is 0.493 e. The fraction of sp³-hybridized carbons (Fsp3) is 0.300. The highest BCUT2D eigenvalue weighted by Crippen LogP contribution is 2.29. The standard InChI is InChI=1S/C20H25N3O2S/c1-20(2,3)15-8-6-14(7-9-15)13-21-23-19(26)22-16-10-11-17(24-4)18(12-16)25-5/h6-13H,1-5H3,(H2,22,23,26).